The van der Waals surface area contributed by atoms with Crippen LogP contribution in [0.4, 0.5) is 10.8 Å². The van der Waals surface area contributed by atoms with Gasteiger partial charge >= 0.3 is 5.76 Å². The van der Waals surface area contributed by atoms with Crippen LogP contribution in [0.1, 0.15) is 5.56 Å². The molecule has 2 N–H and O–H groups in total. The zero-order chi connectivity index (χ0) is 15.8. The van der Waals surface area contributed by atoms with Crippen molar-refractivity contribution in [3.63, 3.8) is 0 Å². The van der Waals surface area contributed by atoms with E-state index in [1.165, 1.54) is 16.9 Å². The van der Waals surface area contributed by atoms with Gasteiger partial charge in [0.25, 0.3) is 0 Å². The van der Waals surface area contributed by atoms with E-state index in [0.717, 1.165) is 22.1 Å². The first-order valence-corrected chi connectivity index (χ1v) is 7.98. The second-order valence-corrected chi connectivity index (χ2v) is 6.11. The lowest BCUT2D eigenvalue weighted by atomic mass is 10.1. The van der Waals surface area contributed by atoms with E-state index in [2.05, 4.69) is 34.3 Å². The molecule has 4 aromatic rings. The molecule has 6 heteroatoms. The Kier molecular flexibility index (Phi) is 3.24. The summed E-state index contributed by atoms with van der Waals surface area (Å²) in [5.41, 5.74) is 5.20. The number of aryl methyl sites for hydroxylation is 1. The first-order valence-electron chi connectivity index (χ1n) is 7.10. The Hall–Kier alpha value is -2.86. The largest absolute Gasteiger partial charge is 0.417 e. The van der Waals surface area contributed by atoms with Crippen LogP contribution >= 0.6 is 11.3 Å². The van der Waals surface area contributed by atoms with Gasteiger partial charge in [0, 0.05) is 16.6 Å². The first-order chi connectivity index (χ1) is 11.2. The molecule has 23 heavy (non-hydrogen) atoms. The van der Waals surface area contributed by atoms with Crippen molar-refractivity contribution in [3.05, 3.63) is 64.0 Å². The fourth-order valence-corrected chi connectivity index (χ4v) is 3.07. The van der Waals surface area contributed by atoms with E-state index in [1.807, 2.05) is 35.7 Å². The lowest BCUT2D eigenvalue weighted by Crippen LogP contribution is -1.92. The van der Waals surface area contributed by atoms with Gasteiger partial charge < -0.3 is 9.73 Å². The van der Waals surface area contributed by atoms with E-state index in [1.54, 1.807) is 0 Å². The average Bonchev–Trinajstić information content (AvgIpc) is 3.14. The van der Waals surface area contributed by atoms with Crippen molar-refractivity contribution in [1.82, 2.24) is 9.97 Å². The van der Waals surface area contributed by atoms with Gasteiger partial charge in [0.05, 0.1) is 11.2 Å². The molecule has 0 aliphatic carbocycles. The Morgan fingerprint density at radius 1 is 1.17 bits per heavy atom. The van der Waals surface area contributed by atoms with Crippen molar-refractivity contribution in [2.24, 2.45) is 0 Å². The van der Waals surface area contributed by atoms with Gasteiger partial charge in [0.1, 0.15) is 0 Å². The van der Waals surface area contributed by atoms with Crippen molar-refractivity contribution >= 4 is 33.3 Å². The Labute approximate surface area is 135 Å². The van der Waals surface area contributed by atoms with Crippen LogP contribution in [0.15, 0.2) is 57.1 Å². The highest BCUT2D eigenvalue weighted by Gasteiger charge is 2.08. The van der Waals surface area contributed by atoms with Crippen LogP contribution in [0.3, 0.4) is 0 Å². The third kappa shape index (κ3) is 2.76. The Balaban J connectivity index is 1.63. The van der Waals surface area contributed by atoms with Gasteiger partial charge in [-0.05, 0) is 31.2 Å². The first kappa shape index (κ1) is 13.8. The zero-order valence-corrected chi connectivity index (χ0v) is 13.1. The molecule has 0 aliphatic rings. The molecule has 0 atom stereocenters. The zero-order valence-electron chi connectivity index (χ0n) is 12.3. The maximum atomic E-state index is 11.2. The lowest BCUT2D eigenvalue weighted by molar-refractivity contribution is 0.555. The maximum Gasteiger partial charge on any atom is 0.417 e. The molecule has 0 saturated carbocycles. The van der Waals surface area contributed by atoms with Gasteiger partial charge in [-0.2, -0.15) is 0 Å². The fourth-order valence-electron chi connectivity index (χ4n) is 2.33. The number of aromatic nitrogens is 2. The SMILES string of the molecule is Cc1ccc(Nc2nc(-c3ccc4[nH]c(=O)oc4c3)cs2)cc1. The quantitative estimate of drug-likeness (QED) is 0.590. The molecule has 114 valence electrons. The van der Waals surface area contributed by atoms with Crippen LogP contribution < -0.4 is 11.1 Å². The highest BCUT2D eigenvalue weighted by molar-refractivity contribution is 7.14. The third-order valence-electron chi connectivity index (χ3n) is 3.52. The summed E-state index contributed by atoms with van der Waals surface area (Å²) < 4.78 is 5.09. The van der Waals surface area contributed by atoms with Crippen molar-refractivity contribution in [2.45, 2.75) is 6.92 Å². The summed E-state index contributed by atoms with van der Waals surface area (Å²) in [6.45, 7) is 2.06. The smallest absolute Gasteiger partial charge is 0.408 e. The number of benzene rings is 2. The molecule has 0 bridgehead atoms. The van der Waals surface area contributed by atoms with E-state index in [-0.39, 0.29) is 0 Å². The molecule has 0 radical (unpaired) electrons. The number of rotatable bonds is 3. The summed E-state index contributed by atoms with van der Waals surface area (Å²) >= 11 is 1.53. The van der Waals surface area contributed by atoms with Crippen molar-refractivity contribution in [1.29, 1.82) is 0 Å². The molecule has 5 nitrogen and oxygen atoms in total. The van der Waals surface area contributed by atoms with Crippen LogP contribution in [0.2, 0.25) is 0 Å². The number of hydrogen-bond donors (Lipinski definition) is 2. The molecular formula is C17H13N3O2S. The molecule has 0 aliphatic heterocycles. The topological polar surface area (TPSA) is 70.9 Å². The summed E-state index contributed by atoms with van der Waals surface area (Å²) in [7, 11) is 0. The minimum Gasteiger partial charge on any atom is -0.408 e. The fraction of sp³-hybridized carbons (Fsp3) is 0.0588. The predicted molar refractivity (Wildman–Crippen MR) is 92.4 cm³/mol. The number of anilines is 2. The lowest BCUT2D eigenvalue weighted by Gasteiger charge is -2.02. The molecular weight excluding hydrogens is 310 g/mol. The second kappa shape index (κ2) is 5.40. The number of hydrogen-bond acceptors (Lipinski definition) is 5. The summed E-state index contributed by atoms with van der Waals surface area (Å²) in [6, 6.07) is 13.7. The standard InChI is InChI=1S/C17H13N3O2S/c1-10-2-5-12(6-3-10)18-16-19-14(9-23-16)11-4-7-13-15(8-11)22-17(21)20-13/h2-9H,1H3,(H,18,19)(H,20,21). The number of H-pyrrole nitrogens is 1. The van der Waals surface area contributed by atoms with E-state index in [9.17, 15) is 4.79 Å². The minimum atomic E-state index is -0.447. The highest BCUT2D eigenvalue weighted by Crippen LogP contribution is 2.28. The highest BCUT2D eigenvalue weighted by atomic mass is 32.1. The van der Waals surface area contributed by atoms with Crippen molar-refractivity contribution < 1.29 is 4.42 Å². The predicted octanol–water partition coefficient (Wildman–Crippen LogP) is 4.30. The van der Waals surface area contributed by atoms with Crippen molar-refractivity contribution in [3.8, 4) is 11.3 Å². The number of oxazole rings is 1. The summed E-state index contributed by atoms with van der Waals surface area (Å²) in [5, 5.41) is 6.08. The van der Waals surface area contributed by atoms with Crippen molar-refractivity contribution in [2.75, 3.05) is 5.32 Å². The van der Waals surface area contributed by atoms with Gasteiger partial charge in [-0.25, -0.2) is 9.78 Å². The summed E-state index contributed by atoms with van der Waals surface area (Å²) in [5.74, 6) is -0.447. The molecule has 2 aromatic heterocycles. The van der Waals surface area contributed by atoms with E-state index >= 15 is 0 Å². The van der Waals surface area contributed by atoms with Crippen LogP contribution in [0, 0.1) is 6.92 Å². The average molecular weight is 323 g/mol. The number of nitrogens with one attached hydrogen (secondary N) is 2. The summed E-state index contributed by atoms with van der Waals surface area (Å²) in [6.07, 6.45) is 0. The number of aromatic amines is 1. The van der Waals surface area contributed by atoms with Gasteiger partial charge in [0.2, 0.25) is 0 Å². The normalized spacial score (nSPS) is 11.0. The monoisotopic (exact) mass is 323 g/mol. The molecule has 4 rings (SSSR count). The molecule has 0 spiro atoms. The minimum absolute atomic E-state index is 0.447. The van der Waals surface area contributed by atoms with E-state index < -0.39 is 5.76 Å². The second-order valence-electron chi connectivity index (χ2n) is 5.25. The molecule has 0 amide bonds. The third-order valence-corrected chi connectivity index (χ3v) is 4.28. The Bertz CT molecular complexity index is 1030. The molecule has 0 unspecified atom stereocenters. The Morgan fingerprint density at radius 2 is 2.00 bits per heavy atom. The number of nitrogens with zero attached hydrogens (tertiary/aromatic N) is 1. The number of fused-ring (bicyclic) bond motifs is 1. The molecule has 0 saturated heterocycles. The number of thiazole rings is 1. The van der Waals surface area contributed by atoms with E-state index in [4.69, 9.17) is 4.42 Å². The van der Waals surface area contributed by atoms with Gasteiger partial charge in [-0.15, -0.1) is 11.3 Å². The summed E-state index contributed by atoms with van der Waals surface area (Å²) in [4.78, 5) is 18.4. The van der Waals surface area contributed by atoms with Crippen LogP contribution in [-0.4, -0.2) is 9.97 Å². The van der Waals surface area contributed by atoms with Gasteiger partial charge in [0.15, 0.2) is 10.7 Å². The molecule has 2 aromatic carbocycles. The van der Waals surface area contributed by atoms with Crippen LogP contribution in [-0.2, 0) is 0 Å². The van der Waals surface area contributed by atoms with Gasteiger partial charge in [-0.3, -0.25) is 4.98 Å². The molecule has 0 fully saturated rings. The van der Waals surface area contributed by atoms with Crippen LogP contribution in [0.5, 0.6) is 0 Å². The Morgan fingerprint density at radius 3 is 2.83 bits per heavy atom. The van der Waals surface area contributed by atoms with Crippen LogP contribution in [0.25, 0.3) is 22.4 Å². The van der Waals surface area contributed by atoms with Gasteiger partial charge in [-0.1, -0.05) is 23.8 Å². The maximum absolute atomic E-state index is 11.2. The van der Waals surface area contributed by atoms with E-state index in [0.29, 0.717) is 11.1 Å². The molecule has 2 heterocycles.